The molecule has 104 valence electrons. The maximum Gasteiger partial charge on any atom is 0.165 e. The molecule has 2 heteroatoms. The molecule has 0 aromatic heterocycles. The van der Waals surface area contributed by atoms with Gasteiger partial charge in [-0.2, -0.15) is 0 Å². The Balaban J connectivity index is 1.89. The Morgan fingerprint density at radius 2 is 1.70 bits per heavy atom. The SMILES string of the molecule is NC1(CC(=O)c2cccc3ccccc23)CCCCC1. The van der Waals surface area contributed by atoms with Crippen molar-refractivity contribution in [2.24, 2.45) is 5.73 Å². The summed E-state index contributed by atoms with van der Waals surface area (Å²) in [7, 11) is 0. The third kappa shape index (κ3) is 2.61. The lowest BCUT2D eigenvalue weighted by Gasteiger charge is -2.32. The van der Waals surface area contributed by atoms with E-state index < -0.39 is 0 Å². The summed E-state index contributed by atoms with van der Waals surface area (Å²) < 4.78 is 0. The molecule has 3 rings (SSSR count). The van der Waals surface area contributed by atoms with Gasteiger partial charge in [-0.25, -0.2) is 0 Å². The lowest BCUT2D eigenvalue weighted by Crippen LogP contribution is -2.43. The Bertz CT molecular complexity index is 621. The van der Waals surface area contributed by atoms with Crippen molar-refractivity contribution in [2.75, 3.05) is 0 Å². The molecular weight excluding hydrogens is 246 g/mol. The van der Waals surface area contributed by atoms with Gasteiger partial charge in [0.1, 0.15) is 0 Å². The summed E-state index contributed by atoms with van der Waals surface area (Å²) in [6.07, 6.45) is 5.98. The fourth-order valence-electron chi connectivity index (χ4n) is 3.32. The topological polar surface area (TPSA) is 43.1 Å². The summed E-state index contributed by atoms with van der Waals surface area (Å²) in [6, 6.07) is 14.0. The van der Waals surface area contributed by atoms with Gasteiger partial charge in [0.05, 0.1) is 0 Å². The first kappa shape index (κ1) is 13.3. The van der Waals surface area contributed by atoms with Crippen molar-refractivity contribution in [3.63, 3.8) is 0 Å². The molecule has 0 amide bonds. The van der Waals surface area contributed by atoms with E-state index in [4.69, 9.17) is 5.73 Å². The van der Waals surface area contributed by atoms with E-state index in [0.717, 1.165) is 42.0 Å². The molecule has 2 aromatic rings. The van der Waals surface area contributed by atoms with E-state index in [2.05, 4.69) is 0 Å². The predicted molar refractivity (Wildman–Crippen MR) is 82.9 cm³/mol. The number of benzene rings is 2. The monoisotopic (exact) mass is 267 g/mol. The van der Waals surface area contributed by atoms with Crippen molar-refractivity contribution in [1.29, 1.82) is 0 Å². The highest BCUT2D eigenvalue weighted by Crippen LogP contribution is 2.31. The smallest absolute Gasteiger partial charge is 0.165 e. The number of carbonyl (C=O) groups is 1. The molecule has 0 saturated heterocycles. The maximum absolute atomic E-state index is 12.7. The largest absolute Gasteiger partial charge is 0.325 e. The van der Waals surface area contributed by atoms with E-state index >= 15 is 0 Å². The zero-order chi connectivity index (χ0) is 14.0. The molecule has 0 spiro atoms. The Morgan fingerprint density at radius 1 is 1.00 bits per heavy atom. The lowest BCUT2D eigenvalue weighted by molar-refractivity contribution is 0.0936. The maximum atomic E-state index is 12.7. The number of carbonyl (C=O) groups excluding carboxylic acids is 1. The summed E-state index contributed by atoms with van der Waals surface area (Å²) in [4.78, 5) is 12.7. The highest BCUT2D eigenvalue weighted by atomic mass is 16.1. The molecule has 1 fully saturated rings. The van der Waals surface area contributed by atoms with Crippen LogP contribution in [0.25, 0.3) is 10.8 Å². The van der Waals surface area contributed by atoms with Crippen molar-refractivity contribution in [3.05, 3.63) is 48.0 Å². The third-order valence-electron chi connectivity index (χ3n) is 4.45. The van der Waals surface area contributed by atoms with Gasteiger partial charge in [-0.05, 0) is 23.6 Å². The number of fused-ring (bicyclic) bond motifs is 1. The highest BCUT2D eigenvalue weighted by molar-refractivity contribution is 6.08. The zero-order valence-corrected chi connectivity index (χ0v) is 11.8. The zero-order valence-electron chi connectivity index (χ0n) is 11.8. The molecule has 0 radical (unpaired) electrons. The fourth-order valence-corrected chi connectivity index (χ4v) is 3.32. The molecule has 0 aliphatic heterocycles. The van der Waals surface area contributed by atoms with Gasteiger partial charge in [0.25, 0.3) is 0 Å². The van der Waals surface area contributed by atoms with Gasteiger partial charge >= 0.3 is 0 Å². The molecule has 2 N–H and O–H groups in total. The van der Waals surface area contributed by atoms with Crippen LogP contribution in [0, 0.1) is 0 Å². The standard InChI is InChI=1S/C18H21NO/c19-18(11-4-1-5-12-18)13-17(20)16-10-6-8-14-7-2-3-9-15(14)16/h2-3,6-10H,1,4-5,11-13,19H2. The quantitative estimate of drug-likeness (QED) is 0.852. The molecule has 0 bridgehead atoms. The molecule has 20 heavy (non-hydrogen) atoms. The minimum Gasteiger partial charge on any atom is -0.325 e. The van der Waals surface area contributed by atoms with E-state index in [1.54, 1.807) is 0 Å². The Labute approximate surface area is 120 Å². The van der Waals surface area contributed by atoms with Crippen molar-refractivity contribution in [3.8, 4) is 0 Å². The van der Waals surface area contributed by atoms with E-state index in [1.165, 1.54) is 6.42 Å². The van der Waals surface area contributed by atoms with Crippen molar-refractivity contribution in [2.45, 2.75) is 44.1 Å². The molecule has 0 heterocycles. The van der Waals surface area contributed by atoms with Gasteiger partial charge in [0, 0.05) is 17.5 Å². The van der Waals surface area contributed by atoms with E-state index in [1.807, 2.05) is 42.5 Å². The van der Waals surface area contributed by atoms with E-state index in [9.17, 15) is 4.79 Å². The van der Waals surface area contributed by atoms with Crippen LogP contribution in [0.1, 0.15) is 48.9 Å². The number of nitrogens with two attached hydrogens (primary N) is 1. The van der Waals surface area contributed by atoms with Gasteiger partial charge in [-0.3, -0.25) is 4.79 Å². The summed E-state index contributed by atoms with van der Waals surface area (Å²) in [5.74, 6) is 0.186. The highest BCUT2D eigenvalue weighted by Gasteiger charge is 2.30. The lowest BCUT2D eigenvalue weighted by atomic mass is 9.78. The summed E-state index contributed by atoms with van der Waals surface area (Å²) in [5.41, 5.74) is 6.95. The second-order valence-corrected chi connectivity index (χ2v) is 6.05. The number of hydrogen-bond acceptors (Lipinski definition) is 2. The first-order valence-corrected chi connectivity index (χ1v) is 7.48. The fraction of sp³-hybridized carbons (Fsp3) is 0.389. The van der Waals surface area contributed by atoms with Crippen molar-refractivity contribution in [1.82, 2.24) is 0 Å². The molecule has 1 saturated carbocycles. The van der Waals surface area contributed by atoms with Crippen LogP contribution in [0.5, 0.6) is 0 Å². The van der Waals surface area contributed by atoms with Crippen LogP contribution in [0.2, 0.25) is 0 Å². The van der Waals surface area contributed by atoms with E-state index in [0.29, 0.717) is 6.42 Å². The first-order chi connectivity index (χ1) is 9.68. The van der Waals surface area contributed by atoms with Crippen LogP contribution in [0.3, 0.4) is 0 Å². The Hall–Kier alpha value is -1.67. The van der Waals surface area contributed by atoms with Gasteiger partial charge in [-0.15, -0.1) is 0 Å². The minimum atomic E-state index is -0.285. The van der Waals surface area contributed by atoms with Gasteiger partial charge < -0.3 is 5.73 Å². The number of hydrogen-bond donors (Lipinski definition) is 1. The van der Waals surface area contributed by atoms with Gasteiger partial charge in [0.2, 0.25) is 0 Å². The van der Waals surface area contributed by atoms with Crippen molar-refractivity contribution < 1.29 is 4.79 Å². The normalized spacial score (nSPS) is 18.1. The predicted octanol–water partition coefficient (Wildman–Crippen LogP) is 4.07. The van der Waals surface area contributed by atoms with Gasteiger partial charge in [-0.1, -0.05) is 61.7 Å². The molecule has 0 unspecified atom stereocenters. The second-order valence-electron chi connectivity index (χ2n) is 6.05. The first-order valence-electron chi connectivity index (χ1n) is 7.48. The summed E-state index contributed by atoms with van der Waals surface area (Å²) in [5, 5.41) is 2.16. The molecule has 1 aliphatic rings. The summed E-state index contributed by atoms with van der Waals surface area (Å²) >= 11 is 0. The Kier molecular flexibility index (Phi) is 3.58. The molecular formula is C18H21NO. The average Bonchev–Trinajstić information content (AvgIpc) is 2.47. The van der Waals surface area contributed by atoms with Crippen LogP contribution in [0.4, 0.5) is 0 Å². The van der Waals surface area contributed by atoms with Crippen LogP contribution >= 0.6 is 0 Å². The average molecular weight is 267 g/mol. The number of rotatable bonds is 3. The van der Waals surface area contributed by atoms with Crippen LogP contribution in [-0.4, -0.2) is 11.3 Å². The van der Waals surface area contributed by atoms with Gasteiger partial charge in [0.15, 0.2) is 5.78 Å². The number of ketones is 1. The van der Waals surface area contributed by atoms with Crippen LogP contribution in [0.15, 0.2) is 42.5 Å². The van der Waals surface area contributed by atoms with Crippen molar-refractivity contribution >= 4 is 16.6 Å². The van der Waals surface area contributed by atoms with Crippen LogP contribution in [-0.2, 0) is 0 Å². The second kappa shape index (κ2) is 5.37. The number of Topliss-reactive ketones (excluding diaryl/α,β-unsaturated/α-hetero) is 1. The third-order valence-corrected chi connectivity index (χ3v) is 4.45. The molecule has 0 atom stereocenters. The Morgan fingerprint density at radius 3 is 2.50 bits per heavy atom. The molecule has 1 aliphatic carbocycles. The van der Waals surface area contributed by atoms with E-state index in [-0.39, 0.29) is 11.3 Å². The molecule has 2 nitrogen and oxygen atoms in total. The summed E-state index contributed by atoms with van der Waals surface area (Å²) in [6.45, 7) is 0. The molecule has 2 aromatic carbocycles. The van der Waals surface area contributed by atoms with Crippen LogP contribution < -0.4 is 5.73 Å². The minimum absolute atomic E-state index is 0.186.